The first kappa shape index (κ1) is 15.0. The van der Waals surface area contributed by atoms with Crippen molar-refractivity contribution in [3.05, 3.63) is 64.3 Å². The van der Waals surface area contributed by atoms with E-state index in [0.717, 1.165) is 12.8 Å². The molecule has 2 aromatic rings. The predicted octanol–water partition coefficient (Wildman–Crippen LogP) is 1.63. The molecule has 1 aromatic carbocycles. The number of carbonyl (C=O) groups is 1. The van der Waals surface area contributed by atoms with Gasteiger partial charge in [0.15, 0.2) is 0 Å². The number of carbonyl (C=O) groups excluding carboxylic acids is 1. The molecule has 1 aromatic heterocycles. The van der Waals surface area contributed by atoms with E-state index in [1.165, 1.54) is 16.3 Å². The van der Waals surface area contributed by atoms with Gasteiger partial charge in [-0.3, -0.25) is 9.36 Å². The summed E-state index contributed by atoms with van der Waals surface area (Å²) in [7, 11) is 0. The molecule has 0 radical (unpaired) electrons. The van der Waals surface area contributed by atoms with Crippen molar-refractivity contribution in [2.45, 2.75) is 26.3 Å². The Balaban J connectivity index is 1.87. The third-order valence-electron chi connectivity index (χ3n) is 3.18. The SMILES string of the molecule is CCCc1ccc(C(=O)NCCn2cccnc2=O)cc1. The van der Waals surface area contributed by atoms with Crippen molar-refractivity contribution < 1.29 is 4.79 Å². The minimum Gasteiger partial charge on any atom is -0.350 e. The normalized spacial score (nSPS) is 10.3. The van der Waals surface area contributed by atoms with Crippen LogP contribution in [0, 0.1) is 0 Å². The molecule has 0 bridgehead atoms. The number of nitrogens with zero attached hydrogens (tertiary/aromatic N) is 2. The molecule has 0 saturated heterocycles. The van der Waals surface area contributed by atoms with Crippen LogP contribution in [0.4, 0.5) is 0 Å². The smallest absolute Gasteiger partial charge is 0.347 e. The maximum atomic E-state index is 12.0. The van der Waals surface area contributed by atoms with Crippen LogP contribution in [0.15, 0.2) is 47.5 Å². The maximum absolute atomic E-state index is 12.0. The summed E-state index contributed by atoms with van der Waals surface area (Å²) in [6.07, 6.45) is 5.22. The Bertz CT molecular complexity index is 647. The molecule has 0 fully saturated rings. The fraction of sp³-hybridized carbons (Fsp3) is 0.312. The maximum Gasteiger partial charge on any atom is 0.347 e. The summed E-state index contributed by atoms with van der Waals surface area (Å²) in [6, 6.07) is 9.30. The number of benzene rings is 1. The first-order chi connectivity index (χ1) is 10.2. The quantitative estimate of drug-likeness (QED) is 0.877. The van der Waals surface area contributed by atoms with Gasteiger partial charge in [-0.1, -0.05) is 25.5 Å². The topological polar surface area (TPSA) is 64.0 Å². The standard InChI is InChI=1S/C16H19N3O2/c1-2-4-13-5-7-14(8-6-13)15(20)17-10-12-19-11-3-9-18-16(19)21/h3,5-9,11H,2,4,10,12H2,1H3,(H,17,20). The zero-order valence-corrected chi connectivity index (χ0v) is 12.1. The van der Waals surface area contributed by atoms with Gasteiger partial charge in [-0.2, -0.15) is 0 Å². The molecule has 1 N–H and O–H groups in total. The van der Waals surface area contributed by atoms with Crippen molar-refractivity contribution in [2.24, 2.45) is 0 Å². The molecule has 1 amide bonds. The van der Waals surface area contributed by atoms with Crippen molar-refractivity contribution in [3.63, 3.8) is 0 Å². The molecule has 0 unspecified atom stereocenters. The first-order valence-corrected chi connectivity index (χ1v) is 7.09. The van der Waals surface area contributed by atoms with Crippen LogP contribution in [0.5, 0.6) is 0 Å². The van der Waals surface area contributed by atoms with Gasteiger partial charge in [0, 0.05) is 31.0 Å². The van der Waals surface area contributed by atoms with Gasteiger partial charge in [0.1, 0.15) is 0 Å². The highest BCUT2D eigenvalue weighted by molar-refractivity contribution is 5.94. The summed E-state index contributed by atoms with van der Waals surface area (Å²) in [5.74, 6) is -0.130. The highest BCUT2D eigenvalue weighted by atomic mass is 16.2. The lowest BCUT2D eigenvalue weighted by molar-refractivity contribution is 0.0952. The van der Waals surface area contributed by atoms with Crippen molar-refractivity contribution >= 4 is 5.91 Å². The molecule has 5 nitrogen and oxygen atoms in total. The van der Waals surface area contributed by atoms with Crippen molar-refractivity contribution in [2.75, 3.05) is 6.54 Å². The Morgan fingerprint density at radius 3 is 2.71 bits per heavy atom. The van der Waals surface area contributed by atoms with E-state index >= 15 is 0 Å². The van der Waals surface area contributed by atoms with Gasteiger partial charge >= 0.3 is 5.69 Å². The van der Waals surface area contributed by atoms with Crippen molar-refractivity contribution in [3.8, 4) is 0 Å². The summed E-state index contributed by atoms with van der Waals surface area (Å²) in [5.41, 5.74) is 1.56. The van der Waals surface area contributed by atoms with Gasteiger partial charge in [-0.05, 0) is 30.2 Å². The van der Waals surface area contributed by atoms with E-state index in [2.05, 4.69) is 17.2 Å². The summed E-state index contributed by atoms with van der Waals surface area (Å²) >= 11 is 0. The van der Waals surface area contributed by atoms with E-state index in [1.807, 2.05) is 24.3 Å². The number of hydrogen-bond acceptors (Lipinski definition) is 3. The molecule has 2 rings (SSSR count). The third-order valence-corrected chi connectivity index (χ3v) is 3.18. The largest absolute Gasteiger partial charge is 0.350 e. The molecule has 0 aliphatic rings. The number of rotatable bonds is 6. The van der Waals surface area contributed by atoms with Gasteiger partial charge in [0.25, 0.3) is 5.91 Å². The molecule has 0 aliphatic heterocycles. The lowest BCUT2D eigenvalue weighted by atomic mass is 10.1. The molecule has 0 atom stereocenters. The van der Waals surface area contributed by atoms with Crippen LogP contribution in [-0.4, -0.2) is 22.0 Å². The van der Waals surface area contributed by atoms with E-state index < -0.39 is 0 Å². The highest BCUT2D eigenvalue weighted by Crippen LogP contribution is 2.06. The fourth-order valence-corrected chi connectivity index (χ4v) is 2.06. The molecule has 21 heavy (non-hydrogen) atoms. The van der Waals surface area contributed by atoms with E-state index in [-0.39, 0.29) is 11.6 Å². The van der Waals surface area contributed by atoms with Gasteiger partial charge in [0.05, 0.1) is 0 Å². The number of amides is 1. The lowest BCUT2D eigenvalue weighted by Crippen LogP contribution is -2.31. The molecule has 0 spiro atoms. The summed E-state index contributed by atoms with van der Waals surface area (Å²) in [6.45, 7) is 2.93. The summed E-state index contributed by atoms with van der Waals surface area (Å²) in [5, 5.41) is 2.80. The Morgan fingerprint density at radius 1 is 1.29 bits per heavy atom. The van der Waals surface area contributed by atoms with Gasteiger partial charge in [-0.15, -0.1) is 0 Å². The average Bonchev–Trinajstić information content (AvgIpc) is 2.50. The lowest BCUT2D eigenvalue weighted by Gasteiger charge is -2.07. The first-order valence-electron chi connectivity index (χ1n) is 7.09. The fourth-order valence-electron chi connectivity index (χ4n) is 2.06. The predicted molar refractivity (Wildman–Crippen MR) is 81.3 cm³/mol. The number of aryl methyl sites for hydroxylation is 1. The third kappa shape index (κ3) is 4.27. The van der Waals surface area contributed by atoms with E-state index in [0.29, 0.717) is 18.7 Å². The van der Waals surface area contributed by atoms with Gasteiger partial charge in [-0.25, -0.2) is 9.78 Å². The molecule has 0 saturated carbocycles. The second-order valence-corrected chi connectivity index (χ2v) is 4.80. The van der Waals surface area contributed by atoms with Crippen LogP contribution in [0.25, 0.3) is 0 Å². The molecule has 0 aliphatic carbocycles. The monoisotopic (exact) mass is 285 g/mol. The Kier molecular flexibility index (Phi) is 5.26. The van der Waals surface area contributed by atoms with Gasteiger partial charge in [0.2, 0.25) is 0 Å². The Hall–Kier alpha value is -2.43. The highest BCUT2D eigenvalue weighted by Gasteiger charge is 2.05. The zero-order valence-electron chi connectivity index (χ0n) is 12.1. The number of nitrogens with one attached hydrogen (secondary N) is 1. The van der Waals surface area contributed by atoms with E-state index in [4.69, 9.17) is 0 Å². The van der Waals surface area contributed by atoms with Gasteiger partial charge < -0.3 is 5.32 Å². The zero-order chi connectivity index (χ0) is 15.1. The van der Waals surface area contributed by atoms with Crippen LogP contribution in [0.3, 0.4) is 0 Å². The van der Waals surface area contributed by atoms with Crippen LogP contribution >= 0.6 is 0 Å². The molecular weight excluding hydrogens is 266 g/mol. The Labute approximate surface area is 123 Å². The van der Waals surface area contributed by atoms with Crippen molar-refractivity contribution in [1.29, 1.82) is 0 Å². The number of aromatic nitrogens is 2. The minimum atomic E-state index is -0.310. The van der Waals surface area contributed by atoms with Crippen molar-refractivity contribution in [1.82, 2.24) is 14.9 Å². The van der Waals surface area contributed by atoms with Crippen LogP contribution in [0.2, 0.25) is 0 Å². The summed E-state index contributed by atoms with van der Waals surface area (Å²) < 4.78 is 1.46. The molecule has 5 heteroatoms. The second kappa shape index (κ2) is 7.38. The van der Waals surface area contributed by atoms with E-state index in [9.17, 15) is 9.59 Å². The molecular formula is C16H19N3O2. The molecule has 110 valence electrons. The van der Waals surface area contributed by atoms with Crippen LogP contribution in [-0.2, 0) is 13.0 Å². The summed E-state index contributed by atoms with van der Waals surface area (Å²) in [4.78, 5) is 27.0. The van der Waals surface area contributed by atoms with E-state index in [1.54, 1.807) is 12.3 Å². The van der Waals surface area contributed by atoms with Crippen LogP contribution < -0.4 is 11.0 Å². The average molecular weight is 285 g/mol. The Morgan fingerprint density at radius 2 is 2.05 bits per heavy atom. The number of hydrogen-bond donors (Lipinski definition) is 1. The minimum absolute atomic E-state index is 0.130. The molecule has 1 heterocycles. The van der Waals surface area contributed by atoms with Crippen LogP contribution in [0.1, 0.15) is 29.3 Å². The second-order valence-electron chi connectivity index (χ2n) is 4.80.